The Bertz CT molecular complexity index is 318. The van der Waals surface area contributed by atoms with Gasteiger partial charge in [0.1, 0.15) is 0 Å². The number of aliphatic hydroxyl groups excluding tert-OH is 1. The standard InChI is InChI=1S/C16H28O4/c1-18-16(7-10-19-11-8-16)14(17)13-4-9-20-15(12-13)5-2-3-6-15/h13-14,17H,2-12H2,1H3. The molecule has 0 bridgehead atoms. The van der Waals surface area contributed by atoms with Crippen molar-refractivity contribution in [2.75, 3.05) is 26.9 Å². The maximum atomic E-state index is 11.0. The van der Waals surface area contributed by atoms with Crippen LogP contribution in [-0.2, 0) is 14.2 Å². The highest BCUT2D eigenvalue weighted by Gasteiger charge is 2.48. The second-order valence-corrected chi connectivity index (χ2v) is 6.82. The Hall–Kier alpha value is -0.160. The van der Waals surface area contributed by atoms with Crippen molar-refractivity contribution in [1.29, 1.82) is 0 Å². The smallest absolute Gasteiger partial charge is 0.0982 e. The van der Waals surface area contributed by atoms with Crippen molar-refractivity contribution < 1.29 is 19.3 Å². The summed E-state index contributed by atoms with van der Waals surface area (Å²) in [5, 5.41) is 11.0. The summed E-state index contributed by atoms with van der Waals surface area (Å²) in [7, 11) is 1.74. The maximum Gasteiger partial charge on any atom is 0.0982 e. The molecular weight excluding hydrogens is 256 g/mol. The highest BCUT2D eigenvalue weighted by atomic mass is 16.5. The number of methoxy groups -OCH3 is 1. The van der Waals surface area contributed by atoms with Crippen LogP contribution >= 0.6 is 0 Å². The third kappa shape index (κ3) is 2.63. The van der Waals surface area contributed by atoms with Crippen molar-refractivity contribution in [3.63, 3.8) is 0 Å². The molecule has 116 valence electrons. The van der Waals surface area contributed by atoms with E-state index in [9.17, 15) is 5.11 Å². The van der Waals surface area contributed by atoms with E-state index in [0.29, 0.717) is 19.1 Å². The molecule has 0 radical (unpaired) electrons. The van der Waals surface area contributed by atoms with E-state index in [1.54, 1.807) is 7.11 Å². The maximum absolute atomic E-state index is 11.0. The third-order valence-electron chi connectivity index (χ3n) is 5.78. The SMILES string of the molecule is COC1(C(O)C2CCOC3(CCCC3)C2)CCOCC1. The van der Waals surface area contributed by atoms with Gasteiger partial charge in [-0.1, -0.05) is 12.8 Å². The van der Waals surface area contributed by atoms with Gasteiger partial charge < -0.3 is 19.3 Å². The van der Waals surface area contributed by atoms with Gasteiger partial charge in [0.2, 0.25) is 0 Å². The van der Waals surface area contributed by atoms with Crippen LogP contribution in [0, 0.1) is 5.92 Å². The predicted molar refractivity (Wildman–Crippen MR) is 75.7 cm³/mol. The summed E-state index contributed by atoms with van der Waals surface area (Å²) in [6.07, 6.45) is 8.04. The molecule has 1 N–H and O–H groups in total. The van der Waals surface area contributed by atoms with Gasteiger partial charge in [0.15, 0.2) is 0 Å². The minimum Gasteiger partial charge on any atom is -0.390 e. The molecule has 3 aliphatic rings. The van der Waals surface area contributed by atoms with Gasteiger partial charge in [-0.15, -0.1) is 0 Å². The Morgan fingerprint density at radius 3 is 2.45 bits per heavy atom. The number of hydrogen-bond donors (Lipinski definition) is 1. The minimum atomic E-state index is -0.403. The Labute approximate surface area is 121 Å². The molecule has 2 saturated heterocycles. The molecule has 4 heteroatoms. The van der Waals surface area contributed by atoms with E-state index in [-0.39, 0.29) is 5.60 Å². The van der Waals surface area contributed by atoms with Crippen molar-refractivity contribution in [3.05, 3.63) is 0 Å². The lowest BCUT2D eigenvalue weighted by molar-refractivity contribution is -0.191. The van der Waals surface area contributed by atoms with Crippen molar-refractivity contribution in [2.24, 2.45) is 5.92 Å². The monoisotopic (exact) mass is 284 g/mol. The van der Waals surface area contributed by atoms with E-state index < -0.39 is 11.7 Å². The summed E-state index contributed by atoms with van der Waals surface area (Å²) in [5.41, 5.74) is -0.343. The van der Waals surface area contributed by atoms with E-state index in [1.165, 1.54) is 25.7 Å². The highest BCUT2D eigenvalue weighted by molar-refractivity contribution is 4.99. The molecule has 2 aliphatic heterocycles. The average Bonchev–Trinajstić information content (AvgIpc) is 2.95. The van der Waals surface area contributed by atoms with Crippen molar-refractivity contribution in [2.45, 2.75) is 68.7 Å². The fraction of sp³-hybridized carbons (Fsp3) is 1.00. The molecule has 1 aliphatic carbocycles. The van der Waals surface area contributed by atoms with Gasteiger partial charge in [0.05, 0.1) is 17.3 Å². The normalized spacial score (nSPS) is 34.2. The molecule has 20 heavy (non-hydrogen) atoms. The van der Waals surface area contributed by atoms with Crippen LogP contribution in [0.25, 0.3) is 0 Å². The summed E-state index contributed by atoms with van der Waals surface area (Å²) in [5.74, 6) is 0.305. The second kappa shape index (κ2) is 5.91. The number of rotatable bonds is 3. The molecule has 0 aromatic carbocycles. The van der Waals surface area contributed by atoms with Gasteiger partial charge in [0, 0.05) is 39.8 Å². The molecule has 2 atom stereocenters. The van der Waals surface area contributed by atoms with Gasteiger partial charge in [-0.3, -0.25) is 0 Å². The van der Waals surface area contributed by atoms with Gasteiger partial charge in [0.25, 0.3) is 0 Å². The quantitative estimate of drug-likeness (QED) is 0.864. The Kier molecular flexibility index (Phi) is 4.37. The lowest BCUT2D eigenvalue weighted by Crippen LogP contribution is -2.54. The largest absolute Gasteiger partial charge is 0.390 e. The number of aliphatic hydroxyl groups is 1. The van der Waals surface area contributed by atoms with E-state index in [0.717, 1.165) is 32.3 Å². The summed E-state index contributed by atoms with van der Waals surface area (Å²) in [6.45, 7) is 2.18. The van der Waals surface area contributed by atoms with Crippen molar-refractivity contribution >= 4 is 0 Å². The second-order valence-electron chi connectivity index (χ2n) is 6.82. The number of hydrogen-bond acceptors (Lipinski definition) is 4. The molecule has 0 amide bonds. The summed E-state index contributed by atoms with van der Waals surface area (Å²) in [4.78, 5) is 0. The zero-order valence-electron chi connectivity index (χ0n) is 12.6. The molecule has 2 heterocycles. The van der Waals surface area contributed by atoms with Gasteiger partial charge in [-0.05, 0) is 31.6 Å². The van der Waals surface area contributed by atoms with Crippen LogP contribution in [0.5, 0.6) is 0 Å². The van der Waals surface area contributed by atoms with E-state index in [2.05, 4.69) is 0 Å². The molecule has 3 rings (SSSR count). The first-order valence-electron chi connectivity index (χ1n) is 8.15. The topological polar surface area (TPSA) is 47.9 Å². The van der Waals surface area contributed by atoms with Crippen LogP contribution < -0.4 is 0 Å². The first-order valence-corrected chi connectivity index (χ1v) is 8.15. The predicted octanol–water partition coefficient (Wildman–Crippen LogP) is 2.28. The number of ether oxygens (including phenoxy) is 3. The molecular formula is C16H28O4. The van der Waals surface area contributed by atoms with Gasteiger partial charge in [-0.25, -0.2) is 0 Å². The lowest BCUT2D eigenvalue weighted by atomic mass is 9.74. The Morgan fingerprint density at radius 1 is 1.10 bits per heavy atom. The zero-order valence-corrected chi connectivity index (χ0v) is 12.6. The summed E-state index contributed by atoms with van der Waals surface area (Å²) in [6, 6.07) is 0. The first kappa shape index (κ1) is 14.8. The Balaban J connectivity index is 1.70. The molecule has 1 spiro atoms. The van der Waals surface area contributed by atoms with Crippen LogP contribution in [0.1, 0.15) is 51.4 Å². The molecule has 3 fully saturated rings. The average molecular weight is 284 g/mol. The van der Waals surface area contributed by atoms with Gasteiger partial charge >= 0.3 is 0 Å². The van der Waals surface area contributed by atoms with Crippen molar-refractivity contribution in [3.8, 4) is 0 Å². The van der Waals surface area contributed by atoms with E-state index in [4.69, 9.17) is 14.2 Å². The molecule has 0 aromatic rings. The fourth-order valence-electron chi connectivity index (χ4n) is 4.47. The van der Waals surface area contributed by atoms with Crippen LogP contribution in [0.2, 0.25) is 0 Å². The van der Waals surface area contributed by atoms with E-state index in [1.807, 2.05) is 0 Å². The minimum absolute atomic E-state index is 0.0595. The van der Waals surface area contributed by atoms with Crippen LogP contribution in [-0.4, -0.2) is 49.3 Å². The highest BCUT2D eigenvalue weighted by Crippen LogP contribution is 2.45. The van der Waals surface area contributed by atoms with Gasteiger partial charge in [-0.2, -0.15) is 0 Å². The van der Waals surface area contributed by atoms with Crippen LogP contribution in [0.3, 0.4) is 0 Å². The van der Waals surface area contributed by atoms with Crippen LogP contribution in [0.4, 0.5) is 0 Å². The van der Waals surface area contributed by atoms with Crippen LogP contribution in [0.15, 0.2) is 0 Å². The molecule has 1 saturated carbocycles. The summed E-state index contributed by atoms with van der Waals surface area (Å²) >= 11 is 0. The molecule has 4 nitrogen and oxygen atoms in total. The van der Waals surface area contributed by atoms with E-state index >= 15 is 0 Å². The fourth-order valence-corrected chi connectivity index (χ4v) is 4.47. The first-order chi connectivity index (χ1) is 9.70. The zero-order chi connectivity index (χ0) is 14.1. The lowest BCUT2D eigenvalue weighted by Gasteiger charge is -2.47. The van der Waals surface area contributed by atoms with Crippen molar-refractivity contribution in [1.82, 2.24) is 0 Å². The Morgan fingerprint density at radius 2 is 1.80 bits per heavy atom. The summed E-state index contributed by atoms with van der Waals surface area (Å²) < 4.78 is 17.3. The third-order valence-corrected chi connectivity index (χ3v) is 5.78. The molecule has 0 aromatic heterocycles. The molecule has 2 unspecified atom stereocenters.